The van der Waals surface area contributed by atoms with Crippen LogP contribution in [0.2, 0.25) is 0 Å². The topological polar surface area (TPSA) is 29.3 Å². The third kappa shape index (κ3) is 2.56. The number of halogens is 1. The molecule has 1 aromatic carbocycles. The zero-order valence-corrected chi connectivity index (χ0v) is 13.1. The summed E-state index contributed by atoms with van der Waals surface area (Å²) in [5.74, 6) is 0. The number of aryl methyl sites for hydroxylation is 1. The molecule has 0 radical (unpaired) electrons. The molecule has 0 bridgehead atoms. The number of pyridine rings is 1. The van der Waals surface area contributed by atoms with Gasteiger partial charge in [-0.3, -0.25) is 0 Å². The van der Waals surface area contributed by atoms with Gasteiger partial charge in [0, 0.05) is 22.6 Å². The Labute approximate surface area is 126 Å². The molecule has 3 rings (SSSR count). The molecule has 0 fully saturated rings. The molecule has 0 aliphatic carbocycles. The molecule has 1 atom stereocenters. The van der Waals surface area contributed by atoms with Crippen molar-refractivity contribution in [3.8, 4) is 0 Å². The maximum absolute atomic E-state index is 4.64. The number of aromatic nitrogens is 2. The molecule has 2 heterocycles. The van der Waals surface area contributed by atoms with Crippen molar-refractivity contribution in [1.29, 1.82) is 0 Å². The Hall–Kier alpha value is -1.81. The van der Waals surface area contributed by atoms with Crippen LogP contribution in [0.3, 0.4) is 0 Å². The summed E-state index contributed by atoms with van der Waals surface area (Å²) in [7, 11) is 0. The second kappa shape index (κ2) is 5.29. The third-order valence-corrected chi connectivity index (χ3v) is 4.24. The lowest BCUT2D eigenvalue weighted by molar-refractivity contribution is 0.851. The van der Waals surface area contributed by atoms with Crippen molar-refractivity contribution in [2.24, 2.45) is 0 Å². The summed E-state index contributed by atoms with van der Waals surface area (Å²) < 4.78 is 3.16. The Balaban J connectivity index is 1.84. The zero-order chi connectivity index (χ0) is 14.1. The standard InChI is InChI=1S/C16H16BrN3/c1-11-6-7-13(9-14(11)17)18-12(2)15-10-20-8-4-3-5-16(20)19-15/h3-10,12,18H,1-2H3. The fourth-order valence-corrected chi connectivity index (χ4v) is 2.55. The molecule has 1 unspecified atom stereocenters. The van der Waals surface area contributed by atoms with Crippen LogP contribution in [-0.2, 0) is 0 Å². The molecule has 0 aliphatic rings. The van der Waals surface area contributed by atoms with Crippen LogP contribution in [-0.4, -0.2) is 9.38 Å². The van der Waals surface area contributed by atoms with E-state index in [-0.39, 0.29) is 6.04 Å². The SMILES string of the molecule is Cc1ccc(NC(C)c2cn3ccccc3n2)cc1Br. The highest BCUT2D eigenvalue weighted by atomic mass is 79.9. The lowest BCUT2D eigenvalue weighted by Crippen LogP contribution is -2.06. The molecule has 3 nitrogen and oxygen atoms in total. The highest BCUT2D eigenvalue weighted by Gasteiger charge is 2.10. The Morgan fingerprint density at radius 3 is 2.85 bits per heavy atom. The van der Waals surface area contributed by atoms with Gasteiger partial charge in [0.1, 0.15) is 5.65 Å². The molecule has 20 heavy (non-hydrogen) atoms. The van der Waals surface area contributed by atoms with Crippen LogP contribution in [0, 0.1) is 6.92 Å². The van der Waals surface area contributed by atoms with Crippen molar-refractivity contribution >= 4 is 27.3 Å². The molecule has 0 amide bonds. The first-order valence-electron chi connectivity index (χ1n) is 6.60. The highest BCUT2D eigenvalue weighted by molar-refractivity contribution is 9.10. The fraction of sp³-hybridized carbons (Fsp3) is 0.188. The van der Waals surface area contributed by atoms with Crippen LogP contribution < -0.4 is 5.32 Å². The number of rotatable bonds is 3. The van der Waals surface area contributed by atoms with Gasteiger partial charge in [-0.15, -0.1) is 0 Å². The predicted molar refractivity (Wildman–Crippen MR) is 86.1 cm³/mol. The van der Waals surface area contributed by atoms with Gasteiger partial charge in [-0.2, -0.15) is 0 Å². The van der Waals surface area contributed by atoms with Crippen molar-refractivity contribution in [2.75, 3.05) is 5.32 Å². The van der Waals surface area contributed by atoms with Crippen molar-refractivity contribution in [1.82, 2.24) is 9.38 Å². The summed E-state index contributed by atoms with van der Waals surface area (Å²) in [5, 5.41) is 3.48. The van der Waals surface area contributed by atoms with Gasteiger partial charge in [-0.25, -0.2) is 4.98 Å². The molecular formula is C16H16BrN3. The Morgan fingerprint density at radius 1 is 1.25 bits per heavy atom. The van der Waals surface area contributed by atoms with Gasteiger partial charge < -0.3 is 9.72 Å². The summed E-state index contributed by atoms with van der Waals surface area (Å²) in [6.07, 6.45) is 4.08. The smallest absolute Gasteiger partial charge is 0.137 e. The normalized spacial score (nSPS) is 12.6. The van der Waals surface area contributed by atoms with Gasteiger partial charge in [0.25, 0.3) is 0 Å². The highest BCUT2D eigenvalue weighted by Crippen LogP contribution is 2.24. The summed E-state index contributed by atoms with van der Waals surface area (Å²) in [6.45, 7) is 4.20. The average molecular weight is 330 g/mol. The van der Waals surface area contributed by atoms with E-state index in [4.69, 9.17) is 0 Å². The molecule has 3 aromatic rings. The first kappa shape index (κ1) is 13.2. The van der Waals surface area contributed by atoms with E-state index < -0.39 is 0 Å². The summed E-state index contributed by atoms with van der Waals surface area (Å²) in [4.78, 5) is 4.64. The van der Waals surface area contributed by atoms with Gasteiger partial charge in [-0.05, 0) is 43.7 Å². The van der Waals surface area contributed by atoms with E-state index in [0.29, 0.717) is 0 Å². The van der Waals surface area contributed by atoms with E-state index in [1.807, 2.05) is 28.8 Å². The first-order valence-corrected chi connectivity index (χ1v) is 7.39. The van der Waals surface area contributed by atoms with E-state index in [0.717, 1.165) is 21.5 Å². The van der Waals surface area contributed by atoms with Gasteiger partial charge in [0.15, 0.2) is 0 Å². The summed E-state index contributed by atoms with van der Waals surface area (Å²) >= 11 is 3.56. The van der Waals surface area contributed by atoms with E-state index >= 15 is 0 Å². The number of fused-ring (bicyclic) bond motifs is 1. The number of nitrogens with one attached hydrogen (secondary N) is 1. The molecule has 0 aliphatic heterocycles. The lowest BCUT2D eigenvalue weighted by atomic mass is 10.2. The van der Waals surface area contributed by atoms with Crippen LogP contribution in [0.1, 0.15) is 24.2 Å². The van der Waals surface area contributed by atoms with Crippen LogP contribution >= 0.6 is 15.9 Å². The van der Waals surface area contributed by atoms with E-state index in [1.165, 1.54) is 5.56 Å². The quantitative estimate of drug-likeness (QED) is 0.762. The van der Waals surface area contributed by atoms with Crippen molar-refractivity contribution in [3.63, 3.8) is 0 Å². The second-order valence-corrected chi connectivity index (χ2v) is 5.82. The van der Waals surface area contributed by atoms with Crippen LogP contribution in [0.15, 0.2) is 53.3 Å². The molecule has 4 heteroatoms. The fourth-order valence-electron chi connectivity index (χ4n) is 2.17. The number of anilines is 1. The van der Waals surface area contributed by atoms with E-state index in [2.05, 4.69) is 64.5 Å². The molecule has 1 N–H and O–H groups in total. The second-order valence-electron chi connectivity index (χ2n) is 4.96. The Kier molecular flexibility index (Phi) is 3.49. The van der Waals surface area contributed by atoms with Crippen molar-refractivity contribution in [3.05, 3.63) is 64.5 Å². The van der Waals surface area contributed by atoms with Gasteiger partial charge >= 0.3 is 0 Å². The molecule has 102 valence electrons. The lowest BCUT2D eigenvalue weighted by Gasteiger charge is -2.13. The van der Waals surface area contributed by atoms with Crippen LogP contribution in [0.25, 0.3) is 5.65 Å². The number of hydrogen-bond donors (Lipinski definition) is 1. The number of imidazole rings is 1. The summed E-state index contributed by atoms with van der Waals surface area (Å²) in [6, 6.07) is 12.5. The van der Waals surface area contributed by atoms with Crippen molar-refractivity contribution in [2.45, 2.75) is 19.9 Å². The van der Waals surface area contributed by atoms with E-state index in [9.17, 15) is 0 Å². The Morgan fingerprint density at radius 2 is 2.10 bits per heavy atom. The van der Waals surface area contributed by atoms with E-state index in [1.54, 1.807) is 0 Å². The van der Waals surface area contributed by atoms with Gasteiger partial charge in [-0.1, -0.05) is 28.1 Å². The monoisotopic (exact) mass is 329 g/mol. The molecular weight excluding hydrogens is 314 g/mol. The Bertz CT molecular complexity index is 715. The molecule has 2 aromatic heterocycles. The first-order chi connectivity index (χ1) is 9.63. The van der Waals surface area contributed by atoms with Gasteiger partial charge in [0.05, 0.1) is 11.7 Å². The largest absolute Gasteiger partial charge is 0.377 e. The zero-order valence-electron chi connectivity index (χ0n) is 11.5. The minimum absolute atomic E-state index is 0.157. The minimum Gasteiger partial charge on any atom is -0.377 e. The van der Waals surface area contributed by atoms with Crippen molar-refractivity contribution < 1.29 is 0 Å². The predicted octanol–water partition coefficient (Wildman–Crippen LogP) is 4.58. The third-order valence-electron chi connectivity index (χ3n) is 3.38. The number of hydrogen-bond acceptors (Lipinski definition) is 2. The molecule has 0 spiro atoms. The maximum Gasteiger partial charge on any atom is 0.137 e. The summed E-state index contributed by atoms with van der Waals surface area (Å²) in [5.41, 5.74) is 4.33. The molecule has 0 saturated heterocycles. The van der Waals surface area contributed by atoms with Crippen LogP contribution in [0.4, 0.5) is 5.69 Å². The maximum atomic E-state index is 4.64. The van der Waals surface area contributed by atoms with Crippen LogP contribution in [0.5, 0.6) is 0 Å². The minimum atomic E-state index is 0.157. The number of benzene rings is 1. The average Bonchev–Trinajstić information content (AvgIpc) is 2.87. The molecule has 0 saturated carbocycles. The van der Waals surface area contributed by atoms with Gasteiger partial charge in [0.2, 0.25) is 0 Å². The number of nitrogens with zero attached hydrogens (tertiary/aromatic N) is 2.